The quantitative estimate of drug-likeness (QED) is 0.817. The Morgan fingerprint density at radius 1 is 1.32 bits per heavy atom. The molecule has 0 saturated heterocycles. The van der Waals surface area contributed by atoms with Crippen molar-refractivity contribution in [1.29, 1.82) is 0 Å². The summed E-state index contributed by atoms with van der Waals surface area (Å²) < 4.78 is 26.9. The molecule has 1 aromatic heterocycles. The molecule has 0 atom stereocenters. The van der Waals surface area contributed by atoms with E-state index in [9.17, 15) is 18.4 Å². The number of halogens is 2. The number of hydrogen-bond donors (Lipinski definition) is 2. The summed E-state index contributed by atoms with van der Waals surface area (Å²) >= 11 is 2.37. The molecule has 0 aliphatic carbocycles. The Hall–Kier alpha value is -2.00. The Morgan fingerprint density at radius 2 is 1.95 bits per heavy atom. The van der Waals surface area contributed by atoms with Crippen LogP contribution < -0.4 is 11.1 Å². The fraction of sp³-hybridized carbons (Fsp3) is 0.154. The maximum absolute atomic E-state index is 13.1. The highest BCUT2D eigenvalue weighted by Gasteiger charge is 2.14. The van der Waals surface area contributed by atoms with E-state index in [4.69, 9.17) is 5.73 Å². The van der Waals surface area contributed by atoms with Gasteiger partial charge < -0.3 is 5.73 Å². The Labute approximate surface area is 132 Å². The average molecular weight is 343 g/mol. The summed E-state index contributed by atoms with van der Waals surface area (Å²) in [5.41, 5.74) is 5.56. The first kappa shape index (κ1) is 16.4. The minimum atomic E-state index is -0.835. The monoisotopic (exact) mass is 343 g/mol. The summed E-state index contributed by atoms with van der Waals surface area (Å²) in [5, 5.41) is 2.74. The number of carbonyl (C=O) groups is 2. The summed E-state index contributed by atoms with van der Waals surface area (Å²) in [4.78, 5) is 26.8. The number of hydrogen-bond acceptors (Lipinski definition) is 5. The molecule has 0 aliphatic rings. The second kappa shape index (κ2) is 6.84. The number of carbonyl (C=O) groups excluding carboxylic acids is 2. The van der Waals surface area contributed by atoms with Gasteiger partial charge >= 0.3 is 0 Å². The fourth-order valence-corrected chi connectivity index (χ4v) is 3.43. The van der Waals surface area contributed by atoms with Crippen LogP contribution in [0, 0.1) is 18.6 Å². The summed E-state index contributed by atoms with van der Waals surface area (Å²) in [5.74, 6) is -2.69. The zero-order chi connectivity index (χ0) is 16.3. The summed E-state index contributed by atoms with van der Waals surface area (Å²) in [6.07, 6.45) is 0. The highest BCUT2D eigenvalue weighted by atomic mass is 32.2. The third-order valence-corrected chi connectivity index (χ3v) is 4.90. The minimum absolute atomic E-state index is 0.103. The fourth-order valence-electron chi connectivity index (χ4n) is 1.56. The van der Waals surface area contributed by atoms with Crippen LogP contribution in [0.15, 0.2) is 22.4 Å². The summed E-state index contributed by atoms with van der Waals surface area (Å²) in [6, 6.07) is 2.55. The topological polar surface area (TPSA) is 85.1 Å². The van der Waals surface area contributed by atoms with Crippen LogP contribution >= 0.6 is 23.1 Å². The smallest absolute Gasteiger partial charge is 0.257 e. The van der Waals surface area contributed by atoms with Crippen molar-refractivity contribution in [3.63, 3.8) is 0 Å². The van der Waals surface area contributed by atoms with Crippen molar-refractivity contribution in [2.45, 2.75) is 11.1 Å². The summed E-state index contributed by atoms with van der Waals surface area (Å²) in [7, 11) is 0. The van der Waals surface area contributed by atoms with Gasteiger partial charge in [0.05, 0.1) is 15.7 Å². The van der Waals surface area contributed by atoms with E-state index < -0.39 is 23.4 Å². The highest BCUT2D eigenvalue weighted by Crippen LogP contribution is 2.32. The van der Waals surface area contributed by atoms with E-state index in [0.717, 1.165) is 27.7 Å². The third kappa shape index (κ3) is 4.25. The predicted octanol–water partition coefficient (Wildman–Crippen LogP) is 2.56. The maximum Gasteiger partial charge on any atom is 0.257 e. The zero-order valence-electron chi connectivity index (χ0n) is 11.4. The van der Waals surface area contributed by atoms with Crippen molar-refractivity contribution >= 4 is 40.0 Å². The number of thioether (sulfide) groups is 1. The first-order valence-electron chi connectivity index (χ1n) is 6.01. The SMILES string of the molecule is Cc1nc(NC(=O)c2cc(F)cc(F)c2)sc1SCC(N)=O. The van der Waals surface area contributed by atoms with E-state index in [0.29, 0.717) is 11.8 Å². The van der Waals surface area contributed by atoms with Gasteiger partial charge in [-0.25, -0.2) is 13.8 Å². The first-order valence-corrected chi connectivity index (χ1v) is 7.81. The van der Waals surface area contributed by atoms with Crippen molar-refractivity contribution in [3.05, 3.63) is 41.1 Å². The van der Waals surface area contributed by atoms with Gasteiger partial charge in [-0.1, -0.05) is 11.3 Å². The van der Waals surface area contributed by atoms with Crippen LogP contribution in [0.5, 0.6) is 0 Å². The minimum Gasteiger partial charge on any atom is -0.369 e. The lowest BCUT2D eigenvalue weighted by molar-refractivity contribution is -0.115. The molecule has 2 amide bonds. The second-order valence-corrected chi connectivity index (χ2v) is 6.50. The average Bonchev–Trinajstić information content (AvgIpc) is 2.75. The molecule has 0 unspecified atom stereocenters. The maximum atomic E-state index is 13.1. The van der Waals surface area contributed by atoms with Gasteiger partial charge in [-0.05, 0) is 19.1 Å². The lowest BCUT2D eigenvalue weighted by Crippen LogP contribution is -2.12. The molecule has 9 heteroatoms. The van der Waals surface area contributed by atoms with Crippen LogP contribution in [-0.2, 0) is 4.79 Å². The molecule has 0 aliphatic heterocycles. The number of rotatable bonds is 5. The molecule has 2 aromatic rings. The van der Waals surface area contributed by atoms with Crippen LogP contribution in [-0.4, -0.2) is 22.6 Å². The number of benzene rings is 1. The Kier molecular flexibility index (Phi) is 5.09. The highest BCUT2D eigenvalue weighted by molar-refractivity contribution is 8.01. The number of thiazole rings is 1. The van der Waals surface area contributed by atoms with Crippen molar-refractivity contribution < 1.29 is 18.4 Å². The van der Waals surface area contributed by atoms with Crippen LogP contribution in [0.25, 0.3) is 0 Å². The van der Waals surface area contributed by atoms with Gasteiger partial charge in [0, 0.05) is 11.6 Å². The van der Waals surface area contributed by atoms with Gasteiger partial charge in [0.15, 0.2) is 5.13 Å². The molecular formula is C13H11F2N3O2S2. The Morgan fingerprint density at radius 3 is 2.55 bits per heavy atom. The van der Waals surface area contributed by atoms with Crippen molar-refractivity contribution in [3.8, 4) is 0 Å². The first-order chi connectivity index (χ1) is 10.3. The molecule has 5 nitrogen and oxygen atoms in total. The zero-order valence-corrected chi connectivity index (χ0v) is 13.0. The Bertz CT molecular complexity index is 714. The number of aryl methyl sites for hydroxylation is 1. The van der Waals surface area contributed by atoms with Crippen LogP contribution in [0.3, 0.4) is 0 Å². The Balaban J connectivity index is 2.11. The largest absolute Gasteiger partial charge is 0.369 e. The molecule has 22 heavy (non-hydrogen) atoms. The number of nitrogens with two attached hydrogens (primary N) is 1. The number of anilines is 1. The second-order valence-electron chi connectivity index (χ2n) is 4.26. The molecule has 0 bridgehead atoms. The van der Waals surface area contributed by atoms with Gasteiger partial charge in [-0.15, -0.1) is 11.8 Å². The van der Waals surface area contributed by atoms with Gasteiger partial charge in [0.1, 0.15) is 11.6 Å². The number of primary amides is 1. The third-order valence-electron chi connectivity index (χ3n) is 2.44. The molecule has 1 heterocycles. The number of nitrogens with zero attached hydrogens (tertiary/aromatic N) is 1. The lowest BCUT2D eigenvalue weighted by Gasteiger charge is -2.02. The predicted molar refractivity (Wildman–Crippen MR) is 81.1 cm³/mol. The van der Waals surface area contributed by atoms with E-state index in [1.807, 2.05) is 0 Å². The van der Waals surface area contributed by atoms with Gasteiger partial charge in [0.25, 0.3) is 5.91 Å². The van der Waals surface area contributed by atoms with Crippen LogP contribution in [0.4, 0.5) is 13.9 Å². The van der Waals surface area contributed by atoms with E-state index >= 15 is 0 Å². The molecule has 0 fully saturated rings. The lowest BCUT2D eigenvalue weighted by atomic mass is 10.2. The number of amides is 2. The normalized spacial score (nSPS) is 10.5. The molecule has 0 spiro atoms. The molecule has 0 saturated carbocycles. The molecular weight excluding hydrogens is 332 g/mol. The van der Waals surface area contributed by atoms with Crippen molar-refractivity contribution in [2.75, 3.05) is 11.1 Å². The van der Waals surface area contributed by atoms with Crippen molar-refractivity contribution in [1.82, 2.24) is 4.98 Å². The molecule has 0 radical (unpaired) electrons. The van der Waals surface area contributed by atoms with Crippen LogP contribution in [0.1, 0.15) is 16.1 Å². The van der Waals surface area contributed by atoms with Crippen LogP contribution in [0.2, 0.25) is 0 Å². The van der Waals surface area contributed by atoms with E-state index in [1.165, 1.54) is 11.8 Å². The van der Waals surface area contributed by atoms with Crippen molar-refractivity contribution in [2.24, 2.45) is 5.73 Å². The molecule has 1 aromatic carbocycles. The summed E-state index contributed by atoms with van der Waals surface area (Å²) in [6.45, 7) is 1.72. The van der Waals surface area contributed by atoms with Gasteiger partial charge in [-0.3, -0.25) is 14.9 Å². The standard InChI is InChI=1S/C13H11F2N3O2S2/c1-6-12(21-5-10(16)19)22-13(17-6)18-11(20)7-2-8(14)4-9(15)3-7/h2-4H,5H2,1H3,(H2,16,19)(H,17,18,20). The molecule has 116 valence electrons. The van der Waals surface area contributed by atoms with E-state index in [-0.39, 0.29) is 16.4 Å². The molecule has 3 N–H and O–H groups in total. The van der Waals surface area contributed by atoms with Gasteiger partial charge in [-0.2, -0.15) is 0 Å². The number of nitrogens with one attached hydrogen (secondary N) is 1. The molecule has 2 rings (SSSR count). The van der Waals surface area contributed by atoms with Gasteiger partial charge in [0.2, 0.25) is 5.91 Å². The van der Waals surface area contributed by atoms with E-state index in [1.54, 1.807) is 6.92 Å². The van der Waals surface area contributed by atoms with E-state index in [2.05, 4.69) is 10.3 Å². The number of aromatic nitrogens is 1.